The molecule has 1 aliphatic rings. The molecule has 0 saturated carbocycles. The minimum Gasteiger partial charge on any atom is -0.435 e. The smallest absolute Gasteiger partial charge is 0.433 e. The molecule has 4 heterocycles. The highest BCUT2D eigenvalue weighted by Gasteiger charge is 2.32. The number of halogens is 7. The van der Waals surface area contributed by atoms with Gasteiger partial charge in [0.05, 0.1) is 17.0 Å². The van der Waals surface area contributed by atoms with Gasteiger partial charge in [-0.25, -0.2) is 36.5 Å². The Bertz CT molecular complexity index is 1790. The Morgan fingerprint density at radius 3 is 2.51 bits per heavy atom. The predicted molar refractivity (Wildman–Crippen MR) is 147 cm³/mol. The predicted octanol–water partition coefficient (Wildman–Crippen LogP) is 5.22. The third kappa shape index (κ3) is 7.75. The van der Waals surface area contributed by atoms with Crippen LogP contribution in [0.1, 0.15) is 17.7 Å². The lowest BCUT2D eigenvalue weighted by Gasteiger charge is -2.26. The average Bonchev–Trinajstić information content (AvgIpc) is 2.98. The van der Waals surface area contributed by atoms with Crippen LogP contribution in [0.2, 0.25) is 0 Å². The van der Waals surface area contributed by atoms with Crippen molar-refractivity contribution in [1.29, 1.82) is 0 Å². The molecular weight excluding hydrogens is 635 g/mol. The number of pyridine rings is 2. The van der Waals surface area contributed by atoms with Crippen molar-refractivity contribution < 1.29 is 43.9 Å². The second-order valence-corrected chi connectivity index (χ2v) is 11.5. The molecule has 10 nitrogen and oxygen atoms in total. The molecule has 4 aromatic rings. The fourth-order valence-electron chi connectivity index (χ4n) is 4.36. The topological polar surface area (TPSA) is 131 Å². The van der Waals surface area contributed by atoms with E-state index in [4.69, 9.17) is 4.74 Å². The molecule has 45 heavy (non-hydrogen) atoms. The summed E-state index contributed by atoms with van der Waals surface area (Å²) >= 11 is 0. The number of nitrogens with one attached hydrogen (secondary N) is 3. The van der Waals surface area contributed by atoms with Gasteiger partial charge < -0.3 is 15.4 Å². The molecule has 2 atom stereocenters. The number of ether oxygens (including phenoxy) is 1. The molecule has 0 radical (unpaired) electrons. The van der Waals surface area contributed by atoms with Crippen LogP contribution in [0.4, 0.5) is 42.4 Å². The van der Waals surface area contributed by atoms with Crippen LogP contribution in [-0.2, 0) is 22.0 Å². The van der Waals surface area contributed by atoms with Gasteiger partial charge in [-0.2, -0.15) is 17.6 Å². The first-order valence-electron chi connectivity index (χ1n) is 13.1. The Hall–Kier alpha value is -4.58. The molecule has 1 unspecified atom stereocenters. The monoisotopic (exact) mass is 657 g/mol. The number of piperidine rings is 1. The molecule has 0 spiro atoms. The van der Waals surface area contributed by atoms with E-state index in [1.807, 2.05) is 0 Å². The van der Waals surface area contributed by atoms with Gasteiger partial charge in [0.1, 0.15) is 17.6 Å². The van der Waals surface area contributed by atoms with Crippen molar-refractivity contribution >= 4 is 21.7 Å². The zero-order chi connectivity index (χ0) is 32.4. The largest absolute Gasteiger partial charge is 0.435 e. The van der Waals surface area contributed by atoms with Crippen LogP contribution in [0.3, 0.4) is 0 Å². The van der Waals surface area contributed by atoms with Gasteiger partial charge in [0.2, 0.25) is 27.7 Å². The molecule has 0 aliphatic carbocycles. The highest BCUT2D eigenvalue weighted by molar-refractivity contribution is 7.91. The molecule has 3 N–H and O–H groups in total. The highest BCUT2D eigenvalue weighted by Crippen LogP contribution is 2.36. The summed E-state index contributed by atoms with van der Waals surface area (Å²) in [5.41, 5.74) is -2.49. The summed E-state index contributed by atoms with van der Waals surface area (Å²) in [5, 5.41) is 5.95. The summed E-state index contributed by atoms with van der Waals surface area (Å²) in [5.74, 6) is -7.43. The van der Waals surface area contributed by atoms with Crippen LogP contribution in [0.5, 0.6) is 11.6 Å². The maximum absolute atomic E-state index is 15.1. The lowest BCUT2D eigenvalue weighted by Crippen LogP contribution is -2.44. The van der Waals surface area contributed by atoms with Crippen LogP contribution in [-0.4, -0.2) is 53.7 Å². The lowest BCUT2D eigenvalue weighted by molar-refractivity contribution is -0.141. The van der Waals surface area contributed by atoms with Gasteiger partial charge in [-0.1, -0.05) is 6.07 Å². The normalized spacial score (nSPS) is 17.1. The van der Waals surface area contributed by atoms with E-state index in [2.05, 4.69) is 30.6 Å². The van der Waals surface area contributed by atoms with Gasteiger partial charge in [0.25, 0.3) is 0 Å². The number of hydrogen-bond donors (Lipinski definition) is 3. The third-order valence-electron chi connectivity index (χ3n) is 6.39. The Morgan fingerprint density at radius 1 is 1.00 bits per heavy atom. The first-order chi connectivity index (χ1) is 21.3. The summed E-state index contributed by atoms with van der Waals surface area (Å²) in [6, 6.07) is 5.91. The van der Waals surface area contributed by atoms with Crippen LogP contribution < -0.4 is 20.1 Å². The van der Waals surface area contributed by atoms with Crippen molar-refractivity contribution in [3.63, 3.8) is 0 Å². The second kappa shape index (κ2) is 12.8. The standard InChI is InChI=1S/C27H22F7N7O3S/c28-15-8-16(12-35-11-15)39-26-37-7-5-19(40-26)17-2-1-6-36-25(17)44-20-9-18(29)24(23(31)22(20)30)41-45(42,43)13-14-3-4-21(38-10-14)27(32,33)34/h1-7,9-10,15-16,35,41H,8,11-13H2,(H,37,39,40)/t15-,16?/m0/s1. The van der Waals surface area contributed by atoms with E-state index in [-0.39, 0.29) is 47.7 Å². The molecule has 3 aromatic heterocycles. The maximum Gasteiger partial charge on any atom is 0.433 e. The molecule has 18 heteroatoms. The molecule has 1 saturated heterocycles. The van der Waals surface area contributed by atoms with Crippen LogP contribution in [0.25, 0.3) is 11.3 Å². The lowest BCUT2D eigenvalue weighted by atomic mass is 10.1. The van der Waals surface area contributed by atoms with E-state index in [1.165, 1.54) is 30.6 Å². The molecule has 1 aromatic carbocycles. The Kier molecular flexibility index (Phi) is 9.06. The molecule has 238 valence electrons. The van der Waals surface area contributed by atoms with Crippen molar-refractivity contribution in [3.8, 4) is 22.9 Å². The molecule has 5 rings (SSSR count). The van der Waals surface area contributed by atoms with Gasteiger partial charge in [0, 0.05) is 50.2 Å². The molecule has 1 fully saturated rings. The number of alkyl halides is 4. The van der Waals surface area contributed by atoms with E-state index >= 15 is 4.39 Å². The fraction of sp³-hybridized carbons (Fsp3) is 0.259. The van der Waals surface area contributed by atoms with Crippen LogP contribution in [0.15, 0.2) is 55.0 Å². The number of sulfonamides is 1. The number of aromatic nitrogens is 4. The third-order valence-corrected chi connectivity index (χ3v) is 7.62. The zero-order valence-electron chi connectivity index (χ0n) is 22.7. The maximum atomic E-state index is 15.1. The zero-order valence-corrected chi connectivity index (χ0v) is 23.6. The minimum atomic E-state index is -4.76. The molecule has 0 amide bonds. The van der Waals surface area contributed by atoms with Crippen molar-refractivity contribution in [2.24, 2.45) is 0 Å². The number of anilines is 2. The Morgan fingerprint density at radius 2 is 1.80 bits per heavy atom. The van der Waals surface area contributed by atoms with Crippen LogP contribution >= 0.6 is 0 Å². The second-order valence-electron chi connectivity index (χ2n) is 9.83. The molecule has 0 bridgehead atoms. The number of benzene rings is 1. The van der Waals surface area contributed by atoms with Crippen molar-refractivity contribution in [1.82, 2.24) is 25.3 Å². The van der Waals surface area contributed by atoms with Crippen molar-refractivity contribution in [3.05, 3.63) is 83.7 Å². The van der Waals surface area contributed by atoms with Crippen LogP contribution in [0, 0.1) is 17.5 Å². The highest BCUT2D eigenvalue weighted by atomic mass is 32.2. The van der Waals surface area contributed by atoms with Gasteiger partial charge in [-0.05, 0) is 29.8 Å². The van der Waals surface area contributed by atoms with Gasteiger partial charge in [0.15, 0.2) is 17.4 Å². The van der Waals surface area contributed by atoms with Gasteiger partial charge in [-0.15, -0.1) is 0 Å². The van der Waals surface area contributed by atoms with E-state index in [1.54, 1.807) is 4.72 Å². The SMILES string of the molecule is O=S(=O)(Cc1ccc(C(F)(F)F)nc1)Nc1c(F)cc(Oc2ncccc2-c2ccnc(NC3CNC[C@@H](F)C3)n2)c(F)c1F. The van der Waals surface area contributed by atoms with E-state index < -0.39 is 62.7 Å². The van der Waals surface area contributed by atoms with E-state index in [0.29, 0.717) is 24.9 Å². The van der Waals surface area contributed by atoms with Crippen molar-refractivity contribution in [2.75, 3.05) is 23.1 Å². The average molecular weight is 658 g/mol. The van der Waals surface area contributed by atoms with Gasteiger partial charge >= 0.3 is 6.18 Å². The minimum absolute atomic E-state index is 0.148. The summed E-state index contributed by atoms with van der Waals surface area (Å²) in [4.78, 5) is 15.6. The number of rotatable bonds is 9. The summed E-state index contributed by atoms with van der Waals surface area (Å²) in [6.07, 6.45) is -2.28. The Balaban J connectivity index is 1.35. The molecular formula is C27H22F7N7O3S. The summed E-state index contributed by atoms with van der Waals surface area (Å²) in [7, 11) is -4.65. The fourth-order valence-corrected chi connectivity index (χ4v) is 5.54. The van der Waals surface area contributed by atoms with E-state index in [0.717, 1.165) is 6.07 Å². The molecule has 1 aliphatic heterocycles. The number of hydrogen-bond acceptors (Lipinski definition) is 9. The first-order valence-corrected chi connectivity index (χ1v) is 14.7. The Labute approximate surface area is 251 Å². The summed E-state index contributed by atoms with van der Waals surface area (Å²) in [6.45, 7) is 0.713. The van der Waals surface area contributed by atoms with E-state index in [9.17, 15) is 34.8 Å². The first kappa shape index (κ1) is 31.8. The van der Waals surface area contributed by atoms with Gasteiger partial charge in [-0.3, -0.25) is 9.71 Å². The summed E-state index contributed by atoms with van der Waals surface area (Å²) < 4.78 is 129. The quantitative estimate of drug-likeness (QED) is 0.164. The van der Waals surface area contributed by atoms with Crippen molar-refractivity contribution in [2.45, 2.75) is 30.6 Å². The number of nitrogens with zero attached hydrogens (tertiary/aromatic N) is 4.